The Hall–Kier alpha value is -2.85. The van der Waals surface area contributed by atoms with Crippen LogP contribution in [0.25, 0.3) is 10.2 Å². The van der Waals surface area contributed by atoms with E-state index in [2.05, 4.69) is 15.8 Å². The highest BCUT2D eigenvalue weighted by atomic mass is 32.2. The van der Waals surface area contributed by atoms with Crippen molar-refractivity contribution in [3.63, 3.8) is 0 Å². The van der Waals surface area contributed by atoms with Crippen LogP contribution in [0.2, 0.25) is 0 Å². The van der Waals surface area contributed by atoms with E-state index in [0.717, 1.165) is 11.0 Å². The molecule has 0 saturated heterocycles. The molecule has 2 N–H and O–H groups in total. The van der Waals surface area contributed by atoms with Gasteiger partial charge in [0.25, 0.3) is 5.91 Å². The summed E-state index contributed by atoms with van der Waals surface area (Å²) < 4.78 is 34.6. The average Bonchev–Trinajstić information content (AvgIpc) is 3.09. The summed E-state index contributed by atoms with van der Waals surface area (Å²) in [4.78, 5) is 16.8. The second kappa shape index (κ2) is 7.41. The molecule has 0 fully saturated rings. The molecule has 1 amide bonds. The number of ether oxygens (including phenoxy) is 2. The molecule has 2 aromatic carbocycles. The van der Waals surface area contributed by atoms with Crippen molar-refractivity contribution < 1.29 is 22.7 Å². The number of sulfone groups is 1. The number of aromatic nitrogens is 1. The molecule has 0 aliphatic heterocycles. The summed E-state index contributed by atoms with van der Waals surface area (Å²) in [6, 6.07) is 9.32. The Morgan fingerprint density at radius 3 is 2.48 bits per heavy atom. The predicted molar refractivity (Wildman–Crippen MR) is 103 cm³/mol. The topological polar surface area (TPSA) is 107 Å². The highest BCUT2D eigenvalue weighted by molar-refractivity contribution is 7.90. The molecule has 0 unspecified atom stereocenters. The molecule has 0 atom stereocenters. The van der Waals surface area contributed by atoms with Crippen LogP contribution in [0.15, 0.2) is 41.3 Å². The first-order valence-corrected chi connectivity index (χ1v) is 10.4. The predicted octanol–water partition coefficient (Wildman–Crippen LogP) is 2.47. The smallest absolute Gasteiger partial charge is 0.269 e. The molecule has 0 aliphatic rings. The van der Waals surface area contributed by atoms with Gasteiger partial charge >= 0.3 is 0 Å². The number of anilines is 1. The first-order valence-electron chi connectivity index (χ1n) is 7.71. The molecule has 142 valence electrons. The lowest BCUT2D eigenvalue weighted by atomic mass is 10.2. The van der Waals surface area contributed by atoms with Crippen LogP contribution in [0.1, 0.15) is 10.4 Å². The minimum atomic E-state index is -3.40. The maximum absolute atomic E-state index is 12.3. The quantitative estimate of drug-likeness (QED) is 0.605. The minimum Gasteiger partial charge on any atom is -0.495 e. The molecular formula is C17H17N3O5S2. The molecule has 1 heterocycles. The molecule has 1 aromatic heterocycles. The number of hydrogen-bond donors (Lipinski definition) is 2. The van der Waals surface area contributed by atoms with E-state index in [1.54, 1.807) is 26.4 Å². The number of amides is 1. The minimum absolute atomic E-state index is 0.0737. The van der Waals surface area contributed by atoms with Gasteiger partial charge in [-0.2, -0.15) is 0 Å². The molecule has 0 bridgehead atoms. The van der Waals surface area contributed by atoms with E-state index < -0.39 is 15.7 Å². The van der Waals surface area contributed by atoms with Gasteiger partial charge in [-0.3, -0.25) is 15.6 Å². The van der Waals surface area contributed by atoms with Gasteiger partial charge in [0.15, 0.2) is 9.84 Å². The Kier molecular flexibility index (Phi) is 5.19. The number of hydrazine groups is 1. The Bertz CT molecular complexity index is 1070. The second-order valence-corrected chi connectivity index (χ2v) is 8.56. The van der Waals surface area contributed by atoms with Crippen LogP contribution in [-0.2, 0) is 9.84 Å². The van der Waals surface area contributed by atoms with Crippen molar-refractivity contribution in [2.45, 2.75) is 4.90 Å². The highest BCUT2D eigenvalue weighted by Crippen LogP contribution is 2.38. The van der Waals surface area contributed by atoms with E-state index in [9.17, 15) is 13.2 Å². The molecule has 3 aromatic rings. The Balaban J connectivity index is 1.82. The fourth-order valence-corrected chi connectivity index (χ4v) is 3.98. The summed E-state index contributed by atoms with van der Waals surface area (Å²) in [5.41, 5.74) is 6.07. The van der Waals surface area contributed by atoms with Gasteiger partial charge in [-0.1, -0.05) is 17.4 Å². The van der Waals surface area contributed by atoms with E-state index in [4.69, 9.17) is 9.47 Å². The van der Waals surface area contributed by atoms with Crippen molar-refractivity contribution in [3.05, 3.63) is 42.0 Å². The third kappa shape index (κ3) is 3.96. The van der Waals surface area contributed by atoms with Gasteiger partial charge in [-0.25, -0.2) is 13.4 Å². The number of methoxy groups -OCH3 is 2. The maximum atomic E-state index is 12.3. The molecule has 8 nitrogen and oxygen atoms in total. The summed E-state index contributed by atoms with van der Waals surface area (Å²) in [5.74, 6) is 0.740. The summed E-state index contributed by atoms with van der Waals surface area (Å²) in [6.45, 7) is 0. The first-order chi connectivity index (χ1) is 12.8. The zero-order chi connectivity index (χ0) is 19.6. The van der Waals surface area contributed by atoms with Crippen LogP contribution in [0.3, 0.4) is 0 Å². The van der Waals surface area contributed by atoms with Crippen LogP contribution in [0.5, 0.6) is 11.5 Å². The number of hydrogen-bond acceptors (Lipinski definition) is 8. The number of fused-ring (bicyclic) bond motifs is 1. The van der Waals surface area contributed by atoms with Crippen molar-refractivity contribution in [2.24, 2.45) is 0 Å². The Morgan fingerprint density at radius 1 is 1.11 bits per heavy atom. The fourth-order valence-electron chi connectivity index (χ4n) is 2.39. The molecule has 0 saturated carbocycles. The largest absolute Gasteiger partial charge is 0.495 e. The summed E-state index contributed by atoms with van der Waals surface area (Å²) >= 11 is 1.28. The van der Waals surface area contributed by atoms with Crippen molar-refractivity contribution >= 4 is 42.4 Å². The lowest BCUT2D eigenvalue weighted by molar-refractivity contribution is 0.0962. The third-order valence-electron chi connectivity index (χ3n) is 3.72. The van der Waals surface area contributed by atoms with Crippen molar-refractivity contribution in [1.82, 2.24) is 10.4 Å². The monoisotopic (exact) mass is 407 g/mol. The number of nitrogens with zero attached hydrogens (tertiary/aromatic N) is 1. The molecular weight excluding hydrogens is 390 g/mol. The second-order valence-electron chi connectivity index (χ2n) is 5.55. The van der Waals surface area contributed by atoms with E-state index in [1.807, 2.05) is 0 Å². The number of benzene rings is 2. The SMILES string of the molecule is COc1ccc(OC)c2sc(NNC(=O)c3cccc(S(C)(=O)=O)c3)nc12. The zero-order valence-electron chi connectivity index (χ0n) is 14.8. The van der Waals surface area contributed by atoms with E-state index >= 15 is 0 Å². The van der Waals surface area contributed by atoms with Crippen LogP contribution in [-0.4, -0.2) is 39.8 Å². The van der Waals surface area contributed by atoms with Crippen molar-refractivity contribution in [2.75, 3.05) is 25.9 Å². The summed E-state index contributed by atoms with van der Waals surface area (Å²) in [6.07, 6.45) is 1.09. The summed E-state index contributed by atoms with van der Waals surface area (Å²) in [7, 11) is -0.291. The molecule has 3 rings (SSSR count). The number of carbonyl (C=O) groups excluding carboxylic acids is 1. The van der Waals surface area contributed by atoms with Crippen LogP contribution in [0.4, 0.5) is 5.13 Å². The van der Waals surface area contributed by atoms with Crippen LogP contribution in [0, 0.1) is 0 Å². The number of nitrogens with one attached hydrogen (secondary N) is 2. The average molecular weight is 407 g/mol. The van der Waals surface area contributed by atoms with Gasteiger partial charge in [-0.15, -0.1) is 0 Å². The lowest BCUT2D eigenvalue weighted by Crippen LogP contribution is -2.29. The Morgan fingerprint density at radius 2 is 1.81 bits per heavy atom. The normalized spacial score (nSPS) is 11.2. The fraction of sp³-hybridized carbons (Fsp3) is 0.176. The van der Waals surface area contributed by atoms with Crippen LogP contribution >= 0.6 is 11.3 Å². The van der Waals surface area contributed by atoms with Gasteiger partial charge in [0.1, 0.15) is 21.7 Å². The van der Waals surface area contributed by atoms with Gasteiger partial charge in [0.05, 0.1) is 19.1 Å². The number of carbonyl (C=O) groups is 1. The van der Waals surface area contributed by atoms with Crippen molar-refractivity contribution in [1.29, 1.82) is 0 Å². The number of rotatable bonds is 6. The summed E-state index contributed by atoms with van der Waals surface area (Å²) in [5, 5.41) is 0.431. The third-order valence-corrected chi connectivity index (χ3v) is 5.81. The molecule has 10 heteroatoms. The Labute approximate surface area is 160 Å². The molecule has 0 aliphatic carbocycles. The number of thiazole rings is 1. The highest BCUT2D eigenvalue weighted by Gasteiger charge is 2.15. The maximum Gasteiger partial charge on any atom is 0.269 e. The van der Waals surface area contributed by atoms with E-state index in [0.29, 0.717) is 22.1 Å². The van der Waals surface area contributed by atoms with Gasteiger partial charge in [0, 0.05) is 11.8 Å². The molecule has 0 spiro atoms. The lowest BCUT2D eigenvalue weighted by Gasteiger charge is -2.06. The molecule has 0 radical (unpaired) electrons. The van der Waals surface area contributed by atoms with Gasteiger partial charge in [0.2, 0.25) is 5.13 Å². The van der Waals surface area contributed by atoms with Crippen LogP contribution < -0.4 is 20.3 Å². The van der Waals surface area contributed by atoms with Gasteiger partial charge in [-0.05, 0) is 30.3 Å². The zero-order valence-corrected chi connectivity index (χ0v) is 16.4. The van der Waals surface area contributed by atoms with Crippen molar-refractivity contribution in [3.8, 4) is 11.5 Å². The standard InChI is InChI=1S/C17H17N3O5S2/c1-24-12-7-8-13(25-2)15-14(12)18-17(26-15)20-19-16(21)10-5-4-6-11(9-10)27(3,22)23/h4-9H,1-3H3,(H,18,20)(H,19,21). The van der Waals surface area contributed by atoms with E-state index in [1.165, 1.54) is 35.6 Å². The molecule has 27 heavy (non-hydrogen) atoms. The van der Waals surface area contributed by atoms with Gasteiger partial charge < -0.3 is 9.47 Å². The first kappa shape index (κ1) is 18.9. The van der Waals surface area contributed by atoms with E-state index in [-0.39, 0.29) is 10.5 Å².